The smallest absolute Gasteiger partial charge is 0.168 e. The van der Waals surface area contributed by atoms with Crippen molar-refractivity contribution in [3.63, 3.8) is 0 Å². The molecule has 0 spiro atoms. The zero-order valence-electron chi connectivity index (χ0n) is 6.39. The summed E-state index contributed by atoms with van der Waals surface area (Å²) in [4.78, 5) is 14.3. The maximum atomic E-state index is 10.4. The van der Waals surface area contributed by atoms with Crippen molar-refractivity contribution in [2.75, 3.05) is 0 Å². The molecule has 0 aliphatic rings. The lowest BCUT2D eigenvalue weighted by atomic mass is 10.2. The van der Waals surface area contributed by atoms with Crippen LogP contribution >= 0.6 is 11.6 Å². The Balaban J connectivity index is 3.36. The Morgan fingerprint density at radius 2 is 2.18 bits per heavy atom. The van der Waals surface area contributed by atoms with Crippen LogP contribution in [0.3, 0.4) is 0 Å². The number of halogens is 1. The first-order chi connectivity index (χ1) is 5.16. The van der Waals surface area contributed by atoms with Crippen molar-refractivity contribution in [2.24, 2.45) is 0 Å². The van der Waals surface area contributed by atoms with Crippen LogP contribution in [-0.2, 0) is 0 Å². The predicted molar refractivity (Wildman–Crippen MR) is 44.1 cm³/mol. The first kappa shape index (κ1) is 8.21. The Kier molecular flexibility index (Phi) is 2.25. The van der Waals surface area contributed by atoms with Crippen molar-refractivity contribution in [1.29, 1.82) is 0 Å². The molecule has 0 aliphatic heterocycles. The van der Waals surface area contributed by atoms with Gasteiger partial charge in [0.2, 0.25) is 0 Å². The second-order valence-corrected chi connectivity index (χ2v) is 2.76. The summed E-state index contributed by atoms with van der Waals surface area (Å²) < 4.78 is 0. The highest BCUT2D eigenvalue weighted by molar-refractivity contribution is 6.32. The topological polar surface area (TPSA) is 30.0 Å². The van der Waals surface area contributed by atoms with Gasteiger partial charge in [-0.1, -0.05) is 11.6 Å². The summed E-state index contributed by atoms with van der Waals surface area (Å²) in [6, 6.07) is 0. The highest BCUT2D eigenvalue weighted by Crippen LogP contribution is 2.19. The van der Waals surface area contributed by atoms with Crippen molar-refractivity contribution >= 4 is 17.9 Å². The molecule has 0 N–H and O–H groups in total. The molecule has 0 unspecified atom stereocenters. The van der Waals surface area contributed by atoms with E-state index in [1.807, 2.05) is 6.92 Å². The number of carbonyl (C=O) groups excluding carboxylic acids is 1. The van der Waals surface area contributed by atoms with Crippen LogP contribution in [0.15, 0.2) is 6.20 Å². The Morgan fingerprint density at radius 1 is 1.55 bits per heavy atom. The average Bonchev–Trinajstić information content (AvgIpc) is 2.01. The lowest BCUT2D eigenvalue weighted by Crippen LogP contribution is -1.93. The SMILES string of the molecule is Cc1cnc(C=O)c(C)c1Cl. The van der Waals surface area contributed by atoms with E-state index in [1.165, 1.54) is 0 Å². The Labute approximate surface area is 70.2 Å². The second kappa shape index (κ2) is 3.01. The van der Waals surface area contributed by atoms with E-state index in [9.17, 15) is 4.79 Å². The van der Waals surface area contributed by atoms with Crippen molar-refractivity contribution in [3.05, 3.63) is 28.0 Å². The normalized spacial score (nSPS) is 9.73. The molecule has 0 aromatic carbocycles. The lowest BCUT2D eigenvalue weighted by molar-refractivity contribution is 0.111. The van der Waals surface area contributed by atoms with Gasteiger partial charge in [-0.3, -0.25) is 9.78 Å². The number of nitrogens with zero attached hydrogens (tertiary/aromatic N) is 1. The maximum absolute atomic E-state index is 10.4. The van der Waals surface area contributed by atoms with Crippen LogP contribution < -0.4 is 0 Å². The molecule has 0 bridgehead atoms. The zero-order chi connectivity index (χ0) is 8.43. The average molecular weight is 170 g/mol. The highest BCUT2D eigenvalue weighted by Gasteiger charge is 2.04. The van der Waals surface area contributed by atoms with Crippen LogP contribution in [0.1, 0.15) is 21.6 Å². The van der Waals surface area contributed by atoms with Gasteiger partial charge in [0.25, 0.3) is 0 Å². The fourth-order valence-electron chi connectivity index (χ4n) is 0.847. The number of rotatable bonds is 1. The number of pyridine rings is 1. The van der Waals surface area contributed by atoms with Crippen molar-refractivity contribution in [3.8, 4) is 0 Å². The van der Waals surface area contributed by atoms with Crippen molar-refractivity contribution in [2.45, 2.75) is 13.8 Å². The third-order valence-corrected chi connectivity index (χ3v) is 2.15. The van der Waals surface area contributed by atoms with E-state index >= 15 is 0 Å². The molecule has 0 atom stereocenters. The molecule has 0 amide bonds. The van der Waals surface area contributed by atoms with Crippen LogP contribution in [0.5, 0.6) is 0 Å². The third-order valence-electron chi connectivity index (χ3n) is 1.57. The van der Waals surface area contributed by atoms with Gasteiger partial charge in [-0.05, 0) is 25.0 Å². The molecule has 1 rings (SSSR count). The van der Waals surface area contributed by atoms with E-state index in [0.29, 0.717) is 17.0 Å². The van der Waals surface area contributed by atoms with Crippen LogP contribution in [-0.4, -0.2) is 11.3 Å². The molecule has 1 aromatic rings. The van der Waals surface area contributed by atoms with Gasteiger partial charge >= 0.3 is 0 Å². The van der Waals surface area contributed by atoms with Crippen LogP contribution in [0.4, 0.5) is 0 Å². The Bertz CT molecular complexity index is 296. The zero-order valence-corrected chi connectivity index (χ0v) is 7.14. The van der Waals surface area contributed by atoms with Crippen LogP contribution in [0.25, 0.3) is 0 Å². The van der Waals surface area contributed by atoms with Gasteiger partial charge < -0.3 is 0 Å². The Morgan fingerprint density at radius 3 is 2.73 bits per heavy atom. The summed E-state index contributed by atoms with van der Waals surface area (Å²) in [7, 11) is 0. The van der Waals surface area contributed by atoms with E-state index in [1.54, 1.807) is 13.1 Å². The second-order valence-electron chi connectivity index (χ2n) is 2.38. The summed E-state index contributed by atoms with van der Waals surface area (Å²) in [5, 5.41) is 0.627. The number of hydrogen-bond donors (Lipinski definition) is 0. The van der Waals surface area contributed by atoms with E-state index in [-0.39, 0.29) is 0 Å². The van der Waals surface area contributed by atoms with Gasteiger partial charge in [-0.15, -0.1) is 0 Å². The van der Waals surface area contributed by atoms with Gasteiger partial charge in [-0.25, -0.2) is 0 Å². The molecule has 0 fully saturated rings. The van der Waals surface area contributed by atoms with Crippen molar-refractivity contribution in [1.82, 2.24) is 4.98 Å². The summed E-state index contributed by atoms with van der Waals surface area (Å²) in [5.41, 5.74) is 2.07. The molecule has 0 radical (unpaired) electrons. The molecule has 1 aromatic heterocycles. The molecular weight excluding hydrogens is 162 g/mol. The van der Waals surface area contributed by atoms with E-state index in [4.69, 9.17) is 11.6 Å². The minimum absolute atomic E-state index is 0.417. The number of carbonyl (C=O) groups is 1. The van der Waals surface area contributed by atoms with Gasteiger partial charge in [0.1, 0.15) is 5.69 Å². The largest absolute Gasteiger partial charge is 0.296 e. The van der Waals surface area contributed by atoms with E-state index in [0.717, 1.165) is 11.1 Å². The standard InChI is InChI=1S/C8H8ClNO/c1-5-3-10-7(4-11)6(2)8(5)9/h3-4H,1-2H3. The fourth-order valence-corrected chi connectivity index (χ4v) is 0.992. The van der Waals surface area contributed by atoms with Gasteiger partial charge in [0, 0.05) is 6.20 Å². The van der Waals surface area contributed by atoms with E-state index in [2.05, 4.69) is 4.98 Å². The summed E-state index contributed by atoms with van der Waals surface area (Å²) >= 11 is 5.86. The third kappa shape index (κ3) is 1.40. The molecule has 0 saturated heterocycles. The molecule has 0 saturated carbocycles. The molecule has 1 heterocycles. The minimum atomic E-state index is 0.417. The summed E-state index contributed by atoms with van der Waals surface area (Å²) in [5.74, 6) is 0. The monoisotopic (exact) mass is 169 g/mol. The molecule has 2 nitrogen and oxygen atoms in total. The fraction of sp³-hybridized carbons (Fsp3) is 0.250. The molecule has 0 aliphatic carbocycles. The van der Waals surface area contributed by atoms with Crippen molar-refractivity contribution < 1.29 is 4.79 Å². The van der Waals surface area contributed by atoms with Crippen LogP contribution in [0.2, 0.25) is 5.02 Å². The van der Waals surface area contributed by atoms with Gasteiger partial charge in [0.15, 0.2) is 6.29 Å². The summed E-state index contributed by atoms with van der Waals surface area (Å²) in [6.45, 7) is 3.64. The lowest BCUT2D eigenvalue weighted by Gasteiger charge is -2.02. The predicted octanol–water partition coefficient (Wildman–Crippen LogP) is 2.16. The number of aryl methyl sites for hydroxylation is 1. The summed E-state index contributed by atoms with van der Waals surface area (Å²) in [6.07, 6.45) is 2.31. The van der Waals surface area contributed by atoms with Gasteiger partial charge in [0.05, 0.1) is 5.02 Å². The van der Waals surface area contributed by atoms with E-state index < -0.39 is 0 Å². The number of aldehydes is 1. The Hall–Kier alpha value is -0.890. The maximum Gasteiger partial charge on any atom is 0.168 e. The number of hydrogen-bond acceptors (Lipinski definition) is 2. The van der Waals surface area contributed by atoms with Crippen LogP contribution in [0, 0.1) is 13.8 Å². The molecule has 58 valence electrons. The van der Waals surface area contributed by atoms with Gasteiger partial charge in [-0.2, -0.15) is 0 Å². The first-order valence-corrected chi connectivity index (χ1v) is 3.61. The minimum Gasteiger partial charge on any atom is -0.296 e. The highest BCUT2D eigenvalue weighted by atomic mass is 35.5. The molecular formula is C8H8ClNO. The molecule has 11 heavy (non-hydrogen) atoms. The number of aromatic nitrogens is 1. The quantitative estimate of drug-likeness (QED) is 0.603. The first-order valence-electron chi connectivity index (χ1n) is 3.23. The molecule has 3 heteroatoms.